The molecule has 7 nitrogen and oxygen atoms in total. The van der Waals surface area contributed by atoms with Gasteiger partial charge in [0.2, 0.25) is 0 Å². The van der Waals surface area contributed by atoms with Gasteiger partial charge >= 0.3 is 0 Å². The maximum Gasteiger partial charge on any atom is 0.270 e. The molecule has 3 heterocycles. The van der Waals surface area contributed by atoms with Crippen molar-refractivity contribution in [2.75, 3.05) is 13.1 Å². The summed E-state index contributed by atoms with van der Waals surface area (Å²) in [7, 11) is 0. The molecule has 1 fully saturated rings. The Kier molecular flexibility index (Phi) is 3.94. The molecule has 1 aliphatic heterocycles. The Morgan fingerprint density at radius 2 is 1.85 bits per heavy atom. The second kappa shape index (κ2) is 6.28. The topological polar surface area (TPSA) is 79.7 Å². The number of rotatable bonds is 3. The van der Waals surface area contributed by atoms with Crippen molar-refractivity contribution in [3.8, 4) is 17.1 Å². The van der Waals surface area contributed by atoms with Crippen LogP contribution in [0.5, 0.6) is 0 Å². The molecule has 2 aromatic heterocycles. The van der Waals surface area contributed by atoms with Crippen LogP contribution >= 0.6 is 0 Å². The zero-order valence-corrected chi connectivity index (χ0v) is 13.4. The third kappa shape index (κ3) is 2.63. The number of aromatic amines is 1. The van der Waals surface area contributed by atoms with E-state index in [0.717, 1.165) is 23.6 Å². The molecule has 1 saturated heterocycles. The van der Waals surface area contributed by atoms with Crippen molar-refractivity contribution in [2.45, 2.75) is 12.8 Å². The molecule has 0 atom stereocenters. The zero-order valence-electron chi connectivity index (χ0n) is 13.4. The average molecular weight is 362 g/mol. The minimum absolute atomic E-state index is 0.0230. The molecule has 0 bridgehead atoms. The Morgan fingerprint density at radius 1 is 1.12 bits per heavy atom. The second-order valence-corrected chi connectivity index (χ2v) is 5.91. The maximum absolute atomic E-state index is 14.1. The quantitative estimate of drug-likeness (QED) is 0.725. The fourth-order valence-corrected chi connectivity index (χ4v) is 2.97. The summed E-state index contributed by atoms with van der Waals surface area (Å²) in [5, 5.41) is 10.7. The molecule has 4 rings (SSSR count). The first-order valence-electron chi connectivity index (χ1n) is 7.96. The largest absolute Gasteiger partial charge is 0.356 e. The van der Waals surface area contributed by atoms with Gasteiger partial charge in [-0.2, -0.15) is 4.68 Å². The van der Waals surface area contributed by atoms with Crippen LogP contribution in [0.2, 0.25) is 0 Å². The van der Waals surface area contributed by atoms with E-state index in [2.05, 4.69) is 20.5 Å². The van der Waals surface area contributed by atoms with Crippen LogP contribution in [0.15, 0.2) is 24.4 Å². The van der Waals surface area contributed by atoms with Gasteiger partial charge in [0.1, 0.15) is 11.4 Å². The molecule has 0 unspecified atom stereocenters. The van der Waals surface area contributed by atoms with Crippen LogP contribution in [0, 0.1) is 17.5 Å². The number of nitrogens with zero attached hydrogens (tertiary/aromatic N) is 5. The van der Waals surface area contributed by atoms with E-state index in [4.69, 9.17) is 0 Å². The van der Waals surface area contributed by atoms with Crippen LogP contribution in [0.4, 0.5) is 13.2 Å². The van der Waals surface area contributed by atoms with E-state index >= 15 is 0 Å². The van der Waals surface area contributed by atoms with E-state index < -0.39 is 23.1 Å². The lowest BCUT2D eigenvalue weighted by atomic mass is 10.2. The van der Waals surface area contributed by atoms with Crippen molar-refractivity contribution in [2.24, 2.45) is 0 Å². The minimum Gasteiger partial charge on any atom is -0.356 e. The molecule has 0 spiro atoms. The number of halogens is 3. The Balaban J connectivity index is 1.73. The number of likely N-dealkylation sites (tertiary alicyclic amines) is 1. The molecule has 1 aromatic carbocycles. The number of H-pyrrole nitrogens is 1. The van der Waals surface area contributed by atoms with E-state index in [-0.39, 0.29) is 11.7 Å². The predicted octanol–water partition coefficient (Wildman–Crippen LogP) is 2.31. The summed E-state index contributed by atoms with van der Waals surface area (Å²) >= 11 is 0. The van der Waals surface area contributed by atoms with Gasteiger partial charge in [-0.05, 0) is 41.5 Å². The number of nitrogens with one attached hydrogen (secondary N) is 1. The van der Waals surface area contributed by atoms with Crippen LogP contribution in [0.1, 0.15) is 23.3 Å². The molecule has 3 aromatic rings. The summed E-state index contributed by atoms with van der Waals surface area (Å²) in [6.45, 7) is 1.37. The second-order valence-electron chi connectivity index (χ2n) is 5.91. The highest BCUT2D eigenvalue weighted by molar-refractivity contribution is 5.93. The van der Waals surface area contributed by atoms with Crippen molar-refractivity contribution in [3.05, 3.63) is 47.5 Å². The summed E-state index contributed by atoms with van der Waals surface area (Å²) in [5.74, 6) is -3.83. The first-order chi connectivity index (χ1) is 12.6. The van der Waals surface area contributed by atoms with Gasteiger partial charge in [0.05, 0.1) is 0 Å². The van der Waals surface area contributed by atoms with Crippen molar-refractivity contribution >= 4 is 5.91 Å². The first-order valence-corrected chi connectivity index (χ1v) is 7.96. The summed E-state index contributed by atoms with van der Waals surface area (Å²) in [6, 6.07) is 2.97. The lowest BCUT2D eigenvalue weighted by molar-refractivity contribution is 0.0787. The van der Waals surface area contributed by atoms with Crippen LogP contribution in [0.25, 0.3) is 17.1 Å². The number of carbonyl (C=O) groups excluding carboxylic acids is 1. The highest BCUT2D eigenvalue weighted by atomic mass is 19.2. The third-order valence-corrected chi connectivity index (χ3v) is 4.27. The highest BCUT2D eigenvalue weighted by Gasteiger charge is 2.24. The zero-order chi connectivity index (χ0) is 18.3. The van der Waals surface area contributed by atoms with E-state index in [0.29, 0.717) is 30.4 Å². The summed E-state index contributed by atoms with van der Waals surface area (Å²) < 4.78 is 42.3. The van der Waals surface area contributed by atoms with Gasteiger partial charge in [0.25, 0.3) is 5.91 Å². The van der Waals surface area contributed by atoms with Crippen molar-refractivity contribution in [1.82, 2.24) is 30.1 Å². The normalized spacial score (nSPS) is 14.2. The number of hydrogen-bond donors (Lipinski definition) is 1. The smallest absolute Gasteiger partial charge is 0.270 e. The van der Waals surface area contributed by atoms with E-state index in [9.17, 15) is 18.0 Å². The van der Waals surface area contributed by atoms with Crippen molar-refractivity contribution in [3.63, 3.8) is 0 Å². The number of amides is 1. The minimum atomic E-state index is -1.40. The molecule has 134 valence electrons. The fraction of sp³-hybridized carbons (Fsp3) is 0.250. The Hall–Kier alpha value is -3.17. The Bertz CT molecular complexity index is 976. The van der Waals surface area contributed by atoms with Crippen molar-refractivity contribution < 1.29 is 18.0 Å². The van der Waals surface area contributed by atoms with Gasteiger partial charge in [-0.1, -0.05) is 0 Å². The molecule has 0 radical (unpaired) electrons. The number of hydrogen-bond acceptors (Lipinski definition) is 4. The first kappa shape index (κ1) is 16.3. The number of tetrazole rings is 1. The van der Waals surface area contributed by atoms with Crippen LogP contribution in [-0.4, -0.2) is 49.1 Å². The van der Waals surface area contributed by atoms with Gasteiger partial charge in [-0.15, -0.1) is 5.10 Å². The van der Waals surface area contributed by atoms with Gasteiger partial charge in [0, 0.05) is 24.8 Å². The molecule has 0 aliphatic carbocycles. The molecular weight excluding hydrogens is 349 g/mol. The average Bonchev–Trinajstić information content (AvgIpc) is 3.38. The van der Waals surface area contributed by atoms with Crippen LogP contribution in [-0.2, 0) is 0 Å². The van der Waals surface area contributed by atoms with Crippen LogP contribution < -0.4 is 0 Å². The molecule has 26 heavy (non-hydrogen) atoms. The number of carbonyl (C=O) groups is 1. The fourth-order valence-electron chi connectivity index (χ4n) is 2.97. The third-order valence-electron chi connectivity index (χ3n) is 4.27. The lowest BCUT2D eigenvalue weighted by Crippen LogP contribution is -2.27. The van der Waals surface area contributed by atoms with Crippen LogP contribution in [0.3, 0.4) is 0 Å². The monoisotopic (exact) mass is 362 g/mol. The highest BCUT2D eigenvalue weighted by Crippen LogP contribution is 2.25. The molecule has 10 heteroatoms. The summed E-state index contributed by atoms with van der Waals surface area (Å²) in [6.07, 6.45) is 3.37. The van der Waals surface area contributed by atoms with Crippen molar-refractivity contribution in [1.29, 1.82) is 0 Å². The predicted molar refractivity (Wildman–Crippen MR) is 84.0 cm³/mol. The molecule has 1 aliphatic rings. The number of benzene rings is 1. The van der Waals surface area contributed by atoms with Gasteiger partial charge in [-0.3, -0.25) is 4.79 Å². The van der Waals surface area contributed by atoms with E-state index in [1.165, 1.54) is 12.3 Å². The summed E-state index contributed by atoms with van der Waals surface area (Å²) in [4.78, 5) is 16.9. The van der Waals surface area contributed by atoms with E-state index in [1.807, 2.05) is 0 Å². The molecule has 1 amide bonds. The maximum atomic E-state index is 14.1. The number of aromatic nitrogens is 5. The Labute approximate surface area is 145 Å². The van der Waals surface area contributed by atoms with E-state index in [1.54, 1.807) is 4.90 Å². The Morgan fingerprint density at radius 3 is 2.62 bits per heavy atom. The molecule has 1 N–H and O–H groups in total. The molecule has 0 saturated carbocycles. The van der Waals surface area contributed by atoms with Gasteiger partial charge in [0.15, 0.2) is 23.3 Å². The van der Waals surface area contributed by atoms with Gasteiger partial charge < -0.3 is 9.88 Å². The summed E-state index contributed by atoms with van der Waals surface area (Å²) in [5.41, 5.74) is -0.0594. The van der Waals surface area contributed by atoms with Gasteiger partial charge in [-0.25, -0.2) is 13.2 Å². The standard InChI is InChI=1S/C16H13F3N6O/c17-10-3-4-11(18)14(13(10)19)25-15(21-22-23-25)9-7-12(20-8-9)16(26)24-5-1-2-6-24/h3-4,7-8,20H,1-2,5-6H2. The molecular formula is C16H13F3N6O. The SMILES string of the molecule is O=C(c1cc(-c2nnnn2-c2c(F)ccc(F)c2F)c[nH]1)N1CCCC1. The lowest BCUT2D eigenvalue weighted by Gasteiger charge is -2.13.